The van der Waals surface area contributed by atoms with Crippen LogP contribution in [0.2, 0.25) is 0 Å². The van der Waals surface area contributed by atoms with E-state index in [-0.39, 0.29) is 18.6 Å². The fourth-order valence-corrected chi connectivity index (χ4v) is 1.21. The largest absolute Gasteiger partial charge is 0.375 e. The predicted molar refractivity (Wildman–Crippen MR) is 48.9 cm³/mol. The molecule has 0 radical (unpaired) electrons. The van der Waals surface area contributed by atoms with Crippen molar-refractivity contribution >= 4 is 5.91 Å². The molecule has 0 rings (SSSR count). The molecule has 0 saturated heterocycles. The number of hydrogen-bond donors (Lipinski definition) is 1. The van der Waals surface area contributed by atoms with E-state index >= 15 is 0 Å². The zero-order valence-electron chi connectivity index (χ0n) is 8.39. The van der Waals surface area contributed by atoms with Crippen LogP contribution in [0.3, 0.4) is 0 Å². The summed E-state index contributed by atoms with van der Waals surface area (Å²) in [6.45, 7) is 6.44. The Kier molecular flexibility index (Phi) is 5.72. The van der Waals surface area contributed by atoms with Crippen LogP contribution in [0.5, 0.6) is 0 Å². The topological polar surface area (TPSA) is 38.3 Å². The zero-order valence-corrected chi connectivity index (χ0v) is 8.39. The molecule has 3 nitrogen and oxygen atoms in total. The van der Waals surface area contributed by atoms with Crippen molar-refractivity contribution in [3.63, 3.8) is 0 Å². The van der Waals surface area contributed by atoms with Gasteiger partial charge in [-0.2, -0.15) is 0 Å². The molecule has 1 N–H and O–H groups in total. The van der Waals surface area contributed by atoms with Gasteiger partial charge in [0.15, 0.2) is 0 Å². The number of ether oxygens (including phenoxy) is 1. The van der Waals surface area contributed by atoms with Gasteiger partial charge in [0, 0.05) is 13.2 Å². The van der Waals surface area contributed by atoms with Crippen LogP contribution in [-0.2, 0) is 9.53 Å². The Morgan fingerprint density at radius 3 is 2.42 bits per heavy atom. The van der Waals surface area contributed by atoms with Crippen molar-refractivity contribution in [1.29, 1.82) is 0 Å². The van der Waals surface area contributed by atoms with Crippen molar-refractivity contribution < 1.29 is 9.53 Å². The third-order valence-corrected chi connectivity index (χ3v) is 1.51. The normalized spacial score (nSPS) is 13.1. The quantitative estimate of drug-likeness (QED) is 0.678. The molecule has 0 aromatic carbocycles. The monoisotopic (exact) mass is 173 g/mol. The number of nitrogens with one attached hydrogen (secondary N) is 1. The maximum absolute atomic E-state index is 11.0. The van der Waals surface area contributed by atoms with Gasteiger partial charge in [0.25, 0.3) is 0 Å². The van der Waals surface area contributed by atoms with Gasteiger partial charge >= 0.3 is 0 Å². The standard InChI is InChI=1S/C9H19NO2/c1-7(2)5-8(3)10-9(11)6-12-4/h7-8H,5-6H2,1-4H3,(H,10,11). The van der Waals surface area contributed by atoms with Crippen LogP contribution in [0.25, 0.3) is 0 Å². The van der Waals surface area contributed by atoms with Crippen molar-refractivity contribution in [3.05, 3.63) is 0 Å². The average molecular weight is 173 g/mol. The van der Waals surface area contributed by atoms with E-state index in [0.29, 0.717) is 5.92 Å². The highest BCUT2D eigenvalue weighted by Crippen LogP contribution is 2.03. The lowest BCUT2D eigenvalue weighted by molar-refractivity contribution is -0.125. The first-order valence-electron chi connectivity index (χ1n) is 4.34. The summed E-state index contributed by atoms with van der Waals surface area (Å²) >= 11 is 0. The van der Waals surface area contributed by atoms with E-state index in [9.17, 15) is 4.79 Å². The second kappa shape index (κ2) is 6.00. The lowest BCUT2D eigenvalue weighted by Gasteiger charge is -2.15. The molecule has 0 aromatic rings. The Balaban J connectivity index is 3.54. The van der Waals surface area contributed by atoms with Gasteiger partial charge in [0.05, 0.1) is 0 Å². The average Bonchev–Trinajstić information content (AvgIpc) is 1.84. The van der Waals surface area contributed by atoms with Gasteiger partial charge in [-0.1, -0.05) is 13.8 Å². The Morgan fingerprint density at radius 2 is 2.00 bits per heavy atom. The fraction of sp³-hybridized carbons (Fsp3) is 0.889. The molecule has 0 aliphatic heterocycles. The lowest BCUT2D eigenvalue weighted by Crippen LogP contribution is -2.35. The number of carbonyl (C=O) groups is 1. The second-order valence-corrected chi connectivity index (χ2v) is 3.53. The summed E-state index contributed by atoms with van der Waals surface area (Å²) in [5.41, 5.74) is 0. The number of carbonyl (C=O) groups excluding carboxylic acids is 1. The van der Waals surface area contributed by atoms with E-state index in [1.165, 1.54) is 7.11 Å². The molecule has 3 heteroatoms. The fourth-order valence-electron chi connectivity index (χ4n) is 1.21. The van der Waals surface area contributed by atoms with Crippen LogP contribution in [0.1, 0.15) is 27.2 Å². The Morgan fingerprint density at radius 1 is 1.42 bits per heavy atom. The summed E-state index contributed by atoms with van der Waals surface area (Å²) in [6.07, 6.45) is 1.01. The summed E-state index contributed by atoms with van der Waals surface area (Å²) < 4.78 is 4.70. The molecule has 0 saturated carbocycles. The molecule has 1 unspecified atom stereocenters. The van der Waals surface area contributed by atoms with E-state index < -0.39 is 0 Å². The summed E-state index contributed by atoms with van der Waals surface area (Å²) in [7, 11) is 1.52. The van der Waals surface area contributed by atoms with Crippen molar-refractivity contribution in [2.24, 2.45) is 5.92 Å². The third-order valence-electron chi connectivity index (χ3n) is 1.51. The number of hydrogen-bond acceptors (Lipinski definition) is 2. The minimum absolute atomic E-state index is 0.0364. The first-order valence-corrected chi connectivity index (χ1v) is 4.34. The number of rotatable bonds is 5. The first-order chi connectivity index (χ1) is 5.56. The maximum atomic E-state index is 11.0. The molecule has 1 amide bonds. The van der Waals surface area contributed by atoms with Gasteiger partial charge in [-0.25, -0.2) is 0 Å². The van der Waals surface area contributed by atoms with Crippen molar-refractivity contribution in [3.8, 4) is 0 Å². The summed E-state index contributed by atoms with van der Waals surface area (Å²) in [4.78, 5) is 11.0. The maximum Gasteiger partial charge on any atom is 0.246 e. The SMILES string of the molecule is COCC(=O)NC(C)CC(C)C. The highest BCUT2D eigenvalue weighted by molar-refractivity contribution is 5.77. The van der Waals surface area contributed by atoms with E-state index in [1.54, 1.807) is 0 Å². The summed E-state index contributed by atoms with van der Waals surface area (Å²) in [5.74, 6) is 0.577. The van der Waals surface area contributed by atoms with Crippen molar-refractivity contribution in [1.82, 2.24) is 5.32 Å². The molecule has 1 atom stereocenters. The Labute approximate surface area is 74.5 Å². The lowest BCUT2D eigenvalue weighted by atomic mass is 10.1. The van der Waals surface area contributed by atoms with Gasteiger partial charge in [0.1, 0.15) is 6.61 Å². The number of methoxy groups -OCH3 is 1. The van der Waals surface area contributed by atoms with Gasteiger partial charge < -0.3 is 10.1 Å². The van der Waals surface area contributed by atoms with Gasteiger partial charge in [-0.3, -0.25) is 4.79 Å². The van der Waals surface area contributed by atoms with Gasteiger partial charge in [-0.15, -0.1) is 0 Å². The first kappa shape index (κ1) is 11.4. The highest BCUT2D eigenvalue weighted by Gasteiger charge is 2.07. The predicted octanol–water partition coefficient (Wildman–Crippen LogP) is 1.18. The van der Waals surface area contributed by atoms with Gasteiger partial charge in [-0.05, 0) is 19.3 Å². The van der Waals surface area contributed by atoms with Crippen LogP contribution in [0, 0.1) is 5.92 Å². The number of amides is 1. The van der Waals surface area contributed by atoms with E-state index in [2.05, 4.69) is 19.2 Å². The van der Waals surface area contributed by atoms with Crippen LogP contribution >= 0.6 is 0 Å². The molecular formula is C9H19NO2. The minimum atomic E-state index is -0.0364. The molecule has 0 bridgehead atoms. The molecule has 12 heavy (non-hydrogen) atoms. The summed E-state index contributed by atoms with van der Waals surface area (Å²) in [6, 6.07) is 0.243. The molecule has 0 aliphatic carbocycles. The molecule has 0 heterocycles. The molecule has 72 valence electrons. The van der Waals surface area contributed by atoms with Crippen LogP contribution in [0.4, 0.5) is 0 Å². The second-order valence-electron chi connectivity index (χ2n) is 3.53. The van der Waals surface area contributed by atoms with Crippen molar-refractivity contribution in [2.75, 3.05) is 13.7 Å². The minimum Gasteiger partial charge on any atom is -0.375 e. The Bertz CT molecular complexity index is 134. The molecular weight excluding hydrogens is 154 g/mol. The van der Waals surface area contributed by atoms with Crippen LogP contribution in [-0.4, -0.2) is 25.7 Å². The third kappa shape index (κ3) is 6.16. The molecule has 0 spiro atoms. The van der Waals surface area contributed by atoms with Crippen molar-refractivity contribution in [2.45, 2.75) is 33.2 Å². The highest BCUT2D eigenvalue weighted by atomic mass is 16.5. The molecule has 0 aliphatic rings. The smallest absolute Gasteiger partial charge is 0.246 e. The molecule has 0 aromatic heterocycles. The van der Waals surface area contributed by atoms with E-state index in [0.717, 1.165) is 6.42 Å². The van der Waals surface area contributed by atoms with Gasteiger partial charge in [0.2, 0.25) is 5.91 Å². The molecule has 0 fully saturated rings. The van der Waals surface area contributed by atoms with Crippen LogP contribution in [0.15, 0.2) is 0 Å². The van der Waals surface area contributed by atoms with E-state index in [1.807, 2.05) is 6.92 Å². The van der Waals surface area contributed by atoms with E-state index in [4.69, 9.17) is 4.74 Å². The Hall–Kier alpha value is -0.570. The summed E-state index contributed by atoms with van der Waals surface area (Å²) in [5, 5.41) is 2.85. The van der Waals surface area contributed by atoms with Crippen LogP contribution < -0.4 is 5.32 Å². The zero-order chi connectivity index (χ0) is 9.56.